The number of esters is 3. The molecule has 0 rings (SSSR count). The van der Waals surface area contributed by atoms with Crippen LogP contribution in [0.25, 0.3) is 0 Å². The van der Waals surface area contributed by atoms with E-state index in [1.54, 1.807) is 0 Å². The van der Waals surface area contributed by atoms with Crippen molar-refractivity contribution in [2.24, 2.45) is 0 Å². The molecule has 0 amide bonds. The van der Waals surface area contributed by atoms with Crippen molar-refractivity contribution in [2.45, 2.75) is 335 Å². The Morgan fingerprint density at radius 2 is 0.481 bits per heavy atom. The van der Waals surface area contributed by atoms with E-state index >= 15 is 0 Å². The van der Waals surface area contributed by atoms with Gasteiger partial charge >= 0.3 is 17.9 Å². The van der Waals surface area contributed by atoms with Crippen LogP contribution in [0.1, 0.15) is 329 Å². The molecular formula is C75H128O6. The minimum Gasteiger partial charge on any atom is -0.462 e. The van der Waals surface area contributed by atoms with E-state index in [0.29, 0.717) is 19.3 Å². The third-order valence-corrected chi connectivity index (χ3v) is 14.7. The average Bonchev–Trinajstić information content (AvgIpc) is 3.47. The minimum atomic E-state index is -0.799. The molecule has 0 heterocycles. The van der Waals surface area contributed by atoms with Crippen LogP contribution in [-0.4, -0.2) is 37.2 Å². The van der Waals surface area contributed by atoms with Crippen LogP contribution in [-0.2, 0) is 28.6 Å². The first-order valence-electron chi connectivity index (χ1n) is 34.4. The maximum Gasteiger partial charge on any atom is 0.306 e. The van der Waals surface area contributed by atoms with Crippen molar-refractivity contribution < 1.29 is 28.6 Å². The highest BCUT2D eigenvalue weighted by molar-refractivity contribution is 5.71. The Balaban J connectivity index is 4.45. The topological polar surface area (TPSA) is 78.9 Å². The first-order chi connectivity index (χ1) is 40.0. The third-order valence-electron chi connectivity index (χ3n) is 14.7. The molecule has 81 heavy (non-hydrogen) atoms. The molecule has 0 spiro atoms. The quantitative estimate of drug-likeness (QED) is 0.0261. The summed E-state index contributed by atoms with van der Waals surface area (Å²) in [5.41, 5.74) is 0. The van der Waals surface area contributed by atoms with Crippen molar-refractivity contribution in [3.8, 4) is 0 Å². The summed E-state index contributed by atoms with van der Waals surface area (Å²) in [5.74, 6) is -0.914. The highest BCUT2D eigenvalue weighted by Gasteiger charge is 2.19. The molecule has 6 nitrogen and oxygen atoms in total. The molecule has 0 saturated carbocycles. The molecule has 0 bridgehead atoms. The van der Waals surface area contributed by atoms with Gasteiger partial charge in [-0.3, -0.25) is 14.4 Å². The fourth-order valence-electron chi connectivity index (χ4n) is 9.59. The molecule has 6 heteroatoms. The number of rotatable bonds is 62. The van der Waals surface area contributed by atoms with Gasteiger partial charge in [-0.25, -0.2) is 0 Å². The summed E-state index contributed by atoms with van der Waals surface area (Å²) < 4.78 is 17.0. The number of allylic oxidation sites excluding steroid dienone is 18. The van der Waals surface area contributed by atoms with E-state index in [1.165, 1.54) is 154 Å². The molecule has 0 aliphatic rings. The molecule has 0 radical (unpaired) electrons. The number of unbranched alkanes of at least 4 members (excludes halogenated alkanes) is 33. The number of carbonyl (C=O) groups is 3. The van der Waals surface area contributed by atoms with Crippen LogP contribution < -0.4 is 0 Å². The number of hydrogen-bond acceptors (Lipinski definition) is 6. The zero-order valence-electron chi connectivity index (χ0n) is 53.3. The zero-order valence-corrected chi connectivity index (χ0v) is 53.3. The van der Waals surface area contributed by atoms with Crippen molar-refractivity contribution in [3.63, 3.8) is 0 Å². The van der Waals surface area contributed by atoms with Crippen molar-refractivity contribution >= 4 is 17.9 Å². The van der Waals surface area contributed by atoms with Gasteiger partial charge in [0.25, 0.3) is 0 Å². The molecule has 1 unspecified atom stereocenters. The largest absolute Gasteiger partial charge is 0.462 e. The highest BCUT2D eigenvalue weighted by atomic mass is 16.6. The van der Waals surface area contributed by atoms with Crippen LogP contribution in [0.2, 0.25) is 0 Å². The Morgan fingerprint density at radius 3 is 0.765 bits per heavy atom. The Morgan fingerprint density at radius 1 is 0.259 bits per heavy atom. The van der Waals surface area contributed by atoms with E-state index in [2.05, 4.69) is 130 Å². The van der Waals surface area contributed by atoms with Crippen LogP contribution in [0.3, 0.4) is 0 Å². The first-order valence-corrected chi connectivity index (χ1v) is 34.4. The standard InChI is InChI=1S/C75H128O6/c1-4-7-10-13-16-19-22-25-28-31-34-37-40-43-46-49-52-55-58-61-64-67-73(76)79-70-72(81-75(78)69-66-63-60-57-54-51-48-45-42-39-36-33-30-27-24-21-18-15-12-9-6-3)71-80-74(77)68-65-62-59-56-53-50-47-44-41-38-35-32-29-26-23-20-17-14-11-8-5-2/h7,10,16,19,24-25,27-28,32-37,42-43,45-46,72H,4-6,8-9,11-15,17-18,20-23,26,29-31,38-41,44,47-71H2,1-3H3/b10-7-,19-16-,27-24-,28-25-,35-32-,36-33-,37-34-,45-42-,46-43-. The van der Waals surface area contributed by atoms with Gasteiger partial charge in [0.2, 0.25) is 0 Å². The van der Waals surface area contributed by atoms with Crippen LogP contribution in [0.4, 0.5) is 0 Å². The van der Waals surface area contributed by atoms with Crippen LogP contribution in [0.15, 0.2) is 109 Å². The van der Waals surface area contributed by atoms with E-state index in [-0.39, 0.29) is 31.1 Å². The van der Waals surface area contributed by atoms with Gasteiger partial charge in [0.15, 0.2) is 6.10 Å². The Kier molecular flexibility index (Phi) is 65.2. The summed E-state index contributed by atoms with van der Waals surface area (Å²) in [5, 5.41) is 0. The lowest BCUT2D eigenvalue weighted by Crippen LogP contribution is -2.30. The van der Waals surface area contributed by atoms with Gasteiger partial charge in [0, 0.05) is 19.3 Å². The molecule has 0 aliphatic heterocycles. The molecule has 0 aromatic rings. The fourth-order valence-corrected chi connectivity index (χ4v) is 9.59. The van der Waals surface area contributed by atoms with Gasteiger partial charge < -0.3 is 14.2 Å². The van der Waals surface area contributed by atoms with E-state index in [1.807, 2.05) is 0 Å². The van der Waals surface area contributed by atoms with Crippen LogP contribution >= 0.6 is 0 Å². The minimum absolute atomic E-state index is 0.0911. The maximum absolute atomic E-state index is 13.0. The lowest BCUT2D eigenvalue weighted by molar-refractivity contribution is -0.167. The monoisotopic (exact) mass is 1120 g/mol. The highest BCUT2D eigenvalue weighted by Crippen LogP contribution is 2.16. The van der Waals surface area contributed by atoms with E-state index < -0.39 is 6.10 Å². The van der Waals surface area contributed by atoms with Crippen molar-refractivity contribution in [1.29, 1.82) is 0 Å². The van der Waals surface area contributed by atoms with Gasteiger partial charge in [0.1, 0.15) is 13.2 Å². The van der Waals surface area contributed by atoms with Crippen LogP contribution in [0, 0.1) is 0 Å². The predicted octanol–water partition coefficient (Wildman–Crippen LogP) is 23.8. The Bertz CT molecular complexity index is 1620. The maximum atomic E-state index is 13.0. The van der Waals surface area contributed by atoms with Gasteiger partial charge in [-0.2, -0.15) is 0 Å². The van der Waals surface area contributed by atoms with Gasteiger partial charge in [-0.1, -0.05) is 291 Å². The second-order valence-electron chi connectivity index (χ2n) is 22.7. The molecule has 0 aliphatic carbocycles. The van der Waals surface area contributed by atoms with Crippen molar-refractivity contribution in [1.82, 2.24) is 0 Å². The fraction of sp³-hybridized carbons (Fsp3) is 0.720. The molecule has 0 aromatic heterocycles. The Labute approximate surface area is 501 Å². The summed E-state index contributed by atoms with van der Waals surface area (Å²) in [4.78, 5) is 38.5. The SMILES string of the molecule is CC/C=C\C/C=C\C/C=C\C/C=C\C/C=C\CCCCCCCC(=O)OCC(COC(=O)CCCCCCCCCCC/C=C\CCCCCCCCCC)OC(=O)CCCCCCCC/C=C\C/C=C\C/C=C\CCCCCCC. The molecule has 1 atom stereocenters. The van der Waals surface area contributed by atoms with E-state index in [4.69, 9.17) is 14.2 Å². The Hall–Kier alpha value is -3.93. The summed E-state index contributed by atoms with van der Waals surface area (Å²) in [7, 11) is 0. The number of hydrogen-bond donors (Lipinski definition) is 0. The van der Waals surface area contributed by atoms with Crippen LogP contribution in [0.5, 0.6) is 0 Å². The van der Waals surface area contributed by atoms with E-state index in [0.717, 1.165) is 135 Å². The van der Waals surface area contributed by atoms with Crippen molar-refractivity contribution in [3.05, 3.63) is 109 Å². The molecule has 0 fully saturated rings. The average molecular weight is 1130 g/mol. The summed E-state index contributed by atoms with van der Waals surface area (Å²) in [6.45, 7) is 6.52. The third kappa shape index (κ3) is 66.8. The lowest BCUT2D eigenvalue weighted by Gasteiger charge is -2.18. The molecular weight excluding hydrogens is 997 g/mol. The molecule has 0 aromatic carbocycles. The second kappa shape index (κ2) is 68.6. The summed E-state index contributed by atoms with van der Waals surface area (Å²) >= 11 is 0. The predicted molar refractivity (Wildman–Crippen MR) is 353 cm³/mol. The molecule has 464 valence electrons. The van der Waals surface area contributed by atoms with E-state index in [9.17, 15) is 14.4 Å². The van der Waals surface area contributed by atoms with Gasteiger partial charge in [-0.15, -0.1) is 0 Å². The molecule has 0 N–H and O–H groups in total. The lowest BCUT2D eigenvalue weighted by atomic mass is 10.1. The van der Waals surface area contributed by atoms with Crippen molar-refractivity contribution in [2.75, 3.05) is 13.2 Å². The summed E-state index contributed by atoms with van der Waals surface area (Å²) in [6, 6.07) is 0. The normalized spacial score (nSPS) is 12.8. The molecule has 0 saturated heterocycles. The number of ether oxygens (including phenoxy) is 3. The summed E-state index contributed by atoms with van der Waals surface area (Å²) in [6.07, 6.45) is 93.8. The number of carbonyl (C=O) groups excluding carboxylic acids is 3. The van der Waals surface area contributed by atoms with Gasteiger partial charge in [0.05, 0.1) is 0 Å². The first kappa shape index (κ1) is 77.1. The zero-order chi connectivity index (χ0) is 58.5. The smallest absolute Gasteiger partial charge is 0.306 e. The van der Waals surface area contributed by atoms with Gasteiger partial charge in [-0.05, 0) is 128 Å². The second-order valence-corrected chi connectivity index (χ2v) is 22.7.